The number of hydrogen-bond donors (Lipinski definition) is 1. The highest BCUT2D eigenvalue weighted by molar-refractivity contribution is 9.10. The number of nitrogens with zero attached hydrogens (tertiary/aromatic N) is 4. The molecule has 144 valence electrons. The second-order valence-corrected chi connectivity index (χ2v) is 6.72. The summed E-state index contributed by atoms with van der Waals surface area (Å²) < 4.78 is 12.7. The van der Waals surface area contributed by atoms with E-state index in [1.54, 1.807) is 25.3 Å². The maximum Gasteiger partial charge on any atom is 0.161 e. The number of para-hydroxylation sites is 1. The number of anilines is 1. The van der Waals surface area contributed by atoms with Gasteiger partial charge in [-0.1, -0.05) is 34.1 Å². The van der Waals surface area contributed by atoms with Crippen LogP contribution in [0.2, 0.25) is 0 Å². The van der Waals surface area contributed by atoms with Crippen molar-refractivity contribution >= 4 is 33.4 Å². The molecular weight excluding hydrogens is 434 g/mol. The molecule has 0 radical (unpaired) electrons. The summed E-state index contributed by atoms with van der Waals surface area (Å²) in [4.78, 5) is 0. The second kappa shape index (κ2) is 8.51. The van der Waals surface area contributed by atoms with Gasteiger partial charge in [-0.05, 0) is 35.9 Å². The first kappa shape index (κ1) is 20.0. The van der Waals surface area contributed by atoms with Crippen LogP contribution in [-0.4, -0.2) is 24.0 Å². The lowest BCUT2D eigenvalue weighted by Gasteiger charge is -2.10. The molecule has 8 heteroatoms. The van der Waals surface area contributed by atoms with Crippen LogP contribution in [0.1, 0.15) is 16.8 Å². The van der Waals surface area contributed by atoms with E-state index in [1.807, 2.05) is 30.3 Å². The average Bonchev–Trinajstić information content (AvgIpc) is 3.09. The number of ether oxygens (including phenoxy) is 2. The van der Waals surface area contributed by atoms with Crippen molar-refractivity contribution in [3.63, 3.8) is 0 Å². The number of nitrogen functional groups attached to an aromatic ring is 1. The molecule has 7 nitrogen and oxygen atoms in total. The molecule has 0 fully saturated rings. The molecule has 0 bridgehead atoms. The lowest BCUT2D eigenvalue weighted by molar-refractivity contribution is 0.354. The molecule has 2 N–H and O–H groups in total. The zero-order valence-electron chi connectivity index (χ0n) is 15.7. The van der Waals surface area contributed by atoms with Crippen LogP contribution in [0.25, 0.3) is 17.3 Å². The summed E-state index contributed by atoms with van der Waals surface area (Å²) >= 11 is 3.47. The van der Waals surface area contributed by atoms with Gasteiger partial charge in [0.2, 0.25) is 0 Å². The second-order valence-electron chi connectivity index (χ2n) is 5.87. The predicted octanol–water partition coefficient (Wildman–Crippen LogP) is 4.17. The Bertz CT molecular complexity index is 1170. The van der Waals surface area contributed by atoms with Crippen molar-refractivity contribution in [2.75, 3.05) is 20.0 Å². The van der Waals surface area contributed by atoms with E-state index in [-0.39, 0.29) is 22.6 Å². The first-order valence-electron chi connectivity index (χ1n) is 8.41. The largest absolute Gasteiger partial charge is 0.493 e. The van der Waals surface area contributed by atoms with Crippen molar-refractivity contribution in [1.82, 2.24) is 9.78 Å². The number of rotatable bonds is 5. The molecule has 3 aromatic rings. The summed E-state index contributed by atoms with van der Waals surface area (Å²) in [6, 6.07) is 16.8. The topological polar surface area (TPSA) is 110 Å². The number of methoxy groups -OCH3 is 2. The fraction of sp³-hybridized carbons (Fsp3) is 0.0952. The Kier molecular flexibility index (Phi) is 5.87. The minimum absolute atomic E-state index is 0.137. The van der Waals surface area contributed by atoms with Crippen LogP contribution in [0, 0.1) is 22.7 Å². The Morgan fingerprint density at radius 1 is 1.14 bits per heavy atom. The number of nitriles is 2. The van der Waals surface area contributed by atoms with Gasteiger partial charge in [-0.3, -0.25) is 0 Å². The lowest BCUT2D eigenvalue weighted by Crippen LogP contribution is -2.02. The van der Waals surface area contributed by atoms with E-state index >= 15 is 0 Å². The van der Waals surface area contributed by atoms with Crippen molar-refractivity contribution in [1.29, 1.82) is 10.5 Å². The summed E-state index contributed by atoms with van der Waals surface area (Å²) in [6.07, 6.45) is 1.62. The zero-order chi connectivity index (χ0) is 21.0. The number of nitrogens with two attached hydrogens (primary N) is 1. The number of benzene rings is 2. The molecule has 1 heterocycles. The highest BCUT2D eigenvalue weighted by Gasteiger charge is 2.20. The van der Waals surface area contributed by atoms with Gasteiger partial charge in [0.1, 0.15) is 29.2 Å². The average molecular weight is 450 g/mol. The minimum Gasteiger partial charge on any atom is -0.493 e. The lowest BCUT2D eigenvalue weighted by atomic mass is 10.1. The summed E-state index contributed by atoms with van der Waals surface area (Å²) in [6.45, 7) is 0. The molecule has 0 saturated carbocycles. The molecule has 0 saturated heterocycles. The third-order valence-corrected chi connectivity index (χ3v) is 4.90. The van der Waals surface area contributed by atoms with Gasteiger partial charge in [0, 0.05) is 4.47 Å². The van der Waals surface area contributed by atoms with E-state index in [9.17, 15) is 10.5 Å². The SMILES string of the molecule is COc1cc(Br)c(C=C(C#N)c2nn(-c3ccccc3)c(N)c2C#N)cc1OC. The van der Waals surface area contributed by atoms with Gasteiger partial charge in [-0.2, -0.15) is 15.6 Å². The van der Waals surface area contributed by atoms with Crippen molar-refractivity contribution in [2.45, 2.75) is 0 Å². The van der Waals surface area contributed by atoms with Crippen LogP contribution in [0.15, 0.2) is 46.9 Å². The molecule has 2 aromatic carbocycles. The fourth-order valence-corrected chi connectivity index (χ4v) is 3.22. The molecule has 0 unspecified atom stereocenters. The molecule has 0 spiro atoms. The van der Waals surface area contributed by atoms with Gasteiger partial charge >= 0.3 is 0 Å². The van der Waals surface area contributed by atoms with Gasteiger partial charge in [0.05, 0.1) is 25.5 Å². The van der Waals surface area contributed by atoms with Gasteiger partial charge in [0.15, 0.2) is 11.5 Å². The van der Waals surface area contributed by atoms with Crippen molar-refractivity contribution in [3.8, 4) is 29.3 Å². The fourth-order valence-electron chi connectivity index (χ4n) is 2.79. The van der Waals surface area contributed by atoms with E-state index in [1.165, 1.54) is 11.8 Å². The quantitative estimate of drug-likeness (QED) is 0.585. The normalized spacial score (nSPS) is 10.9. The van der Waals surface area contributed by atoms with Crippen molar-refractivity contribution in [3.05, 3.63) is 63.8 Å². The number of allylic oxidation sites excluding steroid dienone is 1. The molecular formula is C21H16BrN5O2. The van der Waals surface area contributed by atoms with Crippen LogP contribution >= 0.6 is 15.9 Å². The Morgan fingerprint density at radius 2 is 1.79 bits per heavy atom. The van der Waals surface area contributed by atoms with Gasteiger partial charge in [0.25, 0.3) is 0 Å². The van der Waals surface area contributed by atoms with Gasteiger partial charge < -0.3 is 15.2 Å². The van der Waals surface area contributed by atoms with E-state index in [2.05, 4.69) is 33.2 Å². The summed E-state index contributed by atoms with van der Waals surface area (Å²) in [7, 11) is 3.07. The molecule has 0 atom stereocenters. The number of halogens is 1. The number of aromatic nitrogens is 2. The zero-order valence-corrected chi connectivity index (χ0v) is 17.3. The van der Waals surface area contributed by atoms with Crippen LogP contribution < -0.4 is 15.2 Å². The van der Waals surface area contributed by atoms with Crippen LogP contribution in [0.5, 0.6) is 11.5 Å². The van der Waals surface area contributed by atoms with E-state index in [0.717, 1.165) is 0 Å². The summed E-state index contributed by atoms with van der Waals surface area (Å²) in [5, 5.41) is 23.8. The molecule has 0 aliphatic rings. The van der Waals surface area contributed by atoms with E-state index in [0.29, 0.717) is 27.2 Å². The predicted molar refractivity (Wildman–Crippen MR) is 113 cm³/mol. The van der Waals surface area contributed by atoms with E-state index < -0.39 is 0 Å². The number of hydrogen-bond acceptors (Lipinski definition) is 6. The Hall–Kier alpha value is -3.75. The Balaban J connectivity index is 2.17. The Morgan fingerprint density at radius 3 is 2.38 bits per heavy atom. The molecule has 0 amide bonds. The molecule has 3 rings (SSSR count). The molecule has 0 aliphatic heterocycles. The molecule has 1 aromatic heterocycles. The third-order valence-electron chi connectivity index (χ3n) is 4.21. The van der Waals surface area contributed by atoms with E-state index in [4.69, 9.17) is 15.2 Å². The van der Waals surface area contributed by atoms with Crippen LogP contribution in [-0.2, 0) is 0 Å². The maximum atomic E-state index is 9.76. The third kappa shape index (κ3) is 3.79. The van der Waals surface area contributed by atoms with Crippen molar-refractivity contribution < 1.29 is 9.47 Å². The molecule has 0 aliphatic carbocycles. The van der Waals surface area contributed by atoms with Crippen LogP contribution in [0.4, 0.5) is 5.82 Å². The highest BCUT2D eigenvalue weighted by atomic mass is 79.9. The smallest absolute Gasteiger partial charge is 0.161 e. The van der Waals surface area contributed by atoms with Gasteiger partial charge in [-0.25, -0.2) is 4.68 Å². The first-order chi connectivity index (χ1) is 14.0. The minimum atomic E-state index is 0.137. The van der Waals surface area contributed by atoms with Crippen molar-refractivity contribution in [2.24, 2.45) is 0 Å². The molecule has 29 heavy (non-hydrogen) atoms. The van der Waals surface area contributed by atoms with Crippen LogP contribution in [0.3, 0.4) is 0 Å². The maximum absolute atomic E-state index is 9.76. The highest BCUT2D eigenvalue weighted by Crippen LogP contribution is 2.35. The standard InChI is InChI=1S/C21H16BrN5O2/c1-28-18-9-13(17(22)10-19(18)29-2)8-14(11-23)20-16(12-24)21(25)27(26-20)15-6-4-3-5-7-15/h3-10H,25H2,1-2H3. The Labute approximate surface area is 176 Å². The van der Waals surface area contributed by atoms with Gasteiger partial charge in [-0.15, -0.1) is 0 Å². The monoisotopic (exact) mass is 449 g/mol. The summed E-state index contributed by atoms with van der Waals surface area (Å²) in [5.41, 5.74) is 8.03. The summed E-state index contributed by atoms with van der Waals surface area (Å²) in [5.74, 6) is 1.22. The first-order valence-corrected chi connectivity index (χ1v) is 9.21.